The molecule has 0 fully saturated rings. The summed E-state index contributed by atoms with van der Waals surface area (Å²) >= 11 is 0. The van der Waals surface area contributed by atoms with Gasteiger partial charge in [0.1, 0.15) is 6.07 Å². The van der Waals surface area contributed by atoms with Crippen LogP contribution in [0.25, 0.3) is 10.9 Å². The number of para-hydroxylation sites is 1. The molecule has 1 aromatic carbocycles. The number of rotatable bonds is 1. The van der Waals surface area contributed by atoms with Crippen molar-refractivity contribution < 1.29 is 0 Å². The van der Waals surface area contributed by atoms with Crippen LogP contribution >= 0.6 is 0 Å². The predicted octanol–water partition coefficient (Wildman–Crippen LogP) is 3.63. The summed E-state index contributed by atoms with van der Waals surface area (Å²) in [6.07, 6.45) is 3.04. The maximum absolute atomic E-state index is 9.01. The van der Waals surface area contributed by atoms with Gasteiger partial charge < -0.3 is 4.98 Å². The summed E-state index contributed by atoms with van der Waals surface area (Å²) in [5.74, 6) is 0. The number of nitriles is 1. The monoisotopic (exact) mass is 212 g/mol. The van der Waals surface area contributed by atoms with Crippen LogP contribution in [0.2, 0.25) is 0 Å². The van der Waals surface area contributed by atoms with Crippen molar-refractivity contribution in [2.75, 3.05) is 0 Å². The molecule has 1 heterocycles. The Bertz CT molecular complexity index is 550. The Morgan fingerprint density at radius 3 is 2.69 bits per heavy atom. The van der Waals surface area contributed by atoms with Gasteiger partial charge in [0.05, 0.1) is 11.1 Å². The van der Waals surface area contributed by atoms with Crippen molar-refractivity contribution in [3.63, 3.8) is 0 Å². The van der Waals surface area contributed by atoms with Gasteiger partial charge in [0.25, 0.3) is 0 Å². The number of fused-ring (bicyclic) bond motifs is 1. The number of hydrogen-bond donors (Lipinski definition) is 1. The minimum Gasteiger partial charge on any atom is -0.360 e. The Hall–Kier alpha value is -1.75. The van der Waals surface area contributed by atoms with Crippen LogP contribution in [0.5, 0.6) is 0 Å². The van der Waals surface area contributed by atoms with Crippen molar-refractivity contribution in [3.05, 3.63) is 35.5 Å². The van der Waals surface area contributed by atoms with Crippen LogP contribution < -0.4 is 0 Å². The molecule has 2 aromatic rings. The van der Waals surface area contributed by atoms with E-state index in [0.29, 0.717) is 0 Å². The van der Waals surface area contributed by atoms with Gasteiger partial charge in [0, 0.05) is 11.6 Å². The van der Waals surface area contributed by atoms with Crippen molar-refractivity contribution in [3.8, 4) is 6.07 Å². The maximum atomic E-state index is 9.01. The molecule has 2 nitrogen and oxygen atoms in total. The smallest absolute Gasteiger partial charge is 0.101 e. The third-order valence-corrected chi connectivity index (χ3v) is 2.64. The Morgan fingerprint density at radius 1 is 1.31 bits per heavy atom. The van der Waals surface area contributed by atoms with Crippen LogP contribution in [0.1, 0.15) is 31.9 Å². The van der Waals surface area contributed by atoms with Crippen LogP contribution in [-0.2, 0) is 6.42 Å². The molecule has 0 bridgehead atoms. The highest BCUT2D eigenvalue weighted by atomic mass is 14.7. The molecule has 0 amide bonds. The van der Waals surface area contributed by atoms with E-state index in [-0.39, 0.29) is 5.41 Å². The molecule has 2 heteroatoms. The van der Waals surface area contributed by atoms with Crippen molar-refractivity contribution in [2.45, 2.75) is 27.2 Å². The van der Waals surface area contributed by atoms with Crippen molar-refractivity contribution in [1.82, 2.24) is 4.98 Å². The molecule has 1 N–H and O–H groups in total. The second-order valence-electron chi connectivity index (χ2n) is 5.39. The number of aromatic nitrogens is 1. The normalized spacial score (nSPS) is 11.6. The first kappa shape index (κ1) is 10.8. The van der Waals surface area contributed by atoms with E-state index in [0.717, 1.165) is 17.5 Å². The van der Waals surface area contributed by atoms with E-state index in [1.54, 1.807) is 0 Å². The van der Waals surface area contributed by atoms with Gasteiger partial charge in [0.2, 0.25) is 0 Å². The lowest BCUT2D eigenvalue weighted by atomic mass is 9.88. The van der Waals surface area contributed by atoms with Gasteiger partial charge in [0.15, 0.2) is 0 Å². The lowest BCUT2D eigenvalue weighted by Crippen LogP contribution is -2.08. The molecule has 16 heavy (non-hydrogen) atoms. The highest BCUT2D eigenvalue weighted by Gasteiger charge is 2.15. The molecule has 0 aliphatic carbocycles. The SMILES string of the molecule is CC(C)(C)Cc1c[nH]c2c(C#N)cccc12. The molecule has 1 aromatic heterocycles. The number of hydrogen-bond acceptors (Lipinski definition) is 1. The third kappa shape index (κ3) is 1.94. The second-order valence-corrected chi connectivity index (χ2v) is 5.39. The summed E-state index contributed by atoms with van der Waals surface area (Å²) in [6.45, 7) is 6.67. The number of nitrogens with zero attached hydrogens (tertiary/aromatic N) is 1. The van der Waals surface area contributed by atoms with Crippen LogP contribution in [-0.4, -0.2) is 4.98 Å². The average Bonchev–Trinajstić information content (AvgIpc) is 2.59. The van der Waals surface area contributed by atoms with Gasteiger partial charge in [-0.3, -0.25) is 0 Å². The molecule has 0 unspecified atom stereocenters. The summed E-state index contributed by atoms with van der Waals surface area (Å²) in [5.41, 5.74) is 3.24. The summed E-state index contributed by atoms with van der Waals surface area (Å²) < 4.78 is 0. The zero-order valence-corrected chi connectivity index (χ0v) is 9.96. The summed E-state index contributed by atoms with van der Waals surface area (Å²) in [5, 5.41) is 10.2. The Kier molecular flexibility index (Phi) is 2.47. The van der Waals surface area contributed by atoms with Gasteiger partial charge in [-0.15, -0.1) is 0 Å². The largest absolute Gasteiger partial charge is 0.360 e. The van der Waals surface area contributed by atoms with Crippen molar-refractivity contribution in [1.29, 1.82) is 5.26 Å². The highest BCUT2D eigenvalue weighted by molar-refractivity contribution is 5.87. The van der Waals surface area contributed by atoms with Crippen LogP contribution in [0.3, 0.4) is 0 Å². The second kappa shape index (κ2) is 3.68. The van der Waals surface area contributed by atoms with Gasteiger partial charge in [-0.25, -0.2) is 0 Å². The molecule has 0 radical (unpaired) electrons. The van der Waals surface area contributed by atoms with E-state index in [2.05, 4.69) is 37.9 Å². The van der Waals surface area contributed by atoms with Crippen LogP contribution in [0.15, 0.2) is 24.4 Å². The first-order chi connectivity index (χ1) is 7.51. The van der Waals surface area contributed by atoms with Gasteiger partial charge in [-0.05, 0) is 23.5 Å². The number of benzene rings is 1. The van der Waals surface area contributed by atoms with E-state index < -0.39 is 0 Å². The first-order valence-corrected chi connectivity index (χ1v) is 5.50. The minimum atomic E-state index is 0.262. The molecular formula is C14H16N2. The van der Waals surface area contributed by atoms with Gasteiger partial charge in [-0.2, -0.15) is 5.26 Å². The summed E-state index contributed by atoms with van der Waals surface area (Å²) in [4.78, 5) is 3.21. The van der Waals surface area contributed by atoms with E-state index in [1.165, 1.54) is 10.9 Å². The van der Waals surface area contributed by atoms with E-state index >= 15 is 0 Å². The zero-order chi connectivity index (χ0) is 11.8. The fraction of sp³-hybridized carbons (Fsp3) is 0.357. The average molecular weight is 212 g/mol. The first-order valence-electron chi connectivity index (χ1n) is 5.50. The summed E-state index contributed by atoms with van der Waals surface area (Å²) in [7, 11) is 0. The molecule has 0 atom stereocenters. The van der Waals surface area contributed by atoms with E-state index in [9.17, 15) is 0 Å². The fourth-order valence-corrected chi connectivity index (χ4v) is 2.02. The Labute approximate surface area is 95.9 Å². The molecule has 0 saturated heterocycles. The highest BCUT2D eigenvalue weighted by Crippen LogP contribution is 2.27. The number of H-pyrrole nitrogens is 1. The quantitative estimate of drug-likeness (QED) is 0.770. The van der Waals surface area contributed by atoms with E-state index in [1.807, 2.05) is 18.3 Å². The predicted molar refractivity (Wildman–Crippen MR) is 66.2 cm³/mol. The van der Waals surface area contributed by atoms with E-state index in [4.69, 9.17) is 5.26 Å². The molecule has 2 rings (SSSR count). The fourth-order valence-electron chi connectivity index (χ4n) is 2.02. The molecular weight excluding hydrogens is 196 g/mol. The molecule has 0 saturated carbocycles. The molecule has 0 aliphatic rings. The Morgan fingerprint density at radius 2 is 2.06 bits per heavy atom. The topological polar surface area (TPSA) is 39.6 Å². The van der Waals surface area contributed by atoms with Crippen LogP contribution in [0.4, 0.5) is 0 Å². The number of aromatic amines is 1. The zero-order valence-electron chi connectivity index (χ0n) is 9.96. The third-order valence-electron chi connectivity index (χ3n) is 2.64. The maximum Gasteiger partial charge on any atom is 0.101 e. The molecule has 0 spiro atoms. The molecule has 82 valence electrons. The van der Waals surface area contributed by atoms with Crippen molar-refractivity contribution >= 4 is 10.9 Å². The summed E-state index contributed by atoms with van der Waals surface area (Å²) in [6, 6.07) is 8.08. The molecule has 0 aliphatic heterocycles. The van der Waals surface area contributed by atoms with Crippen LogP contribution in [0, 0.1) is 16.7 Å². The standard InChI is InChI=1S/C14H16N2/c1-14(2,3)7-11-9-16-13-10(8-15)5-4-6-12(11)13/h4-6,9,16H,7H2,1-3H3. The minimum absolute atomic E-state index is 0.262. The lowest BCUT2D eigenvalue weighted by Gasteiger charge is -2.17. The van der Waals surface area contributed by atoms with Gasteiger partial charge in [-0.1, -0.05) is 32.9 Å². The van der Waals surface area contributed by atoms with Crippen molar-refractivity contribution in [2.24, 2.45) is 5.41 Å². The number of nitrogens with one attached hydrogen (secondary N) is 1. The van der Waals surface area contributed by atoms with Gasteiger partial charge >= 0.3 is 0 Å². The lowest BCUT2D eigenvalue weighted by molar-refractivity contribution is 0.412. The Balaban J connectivity index is 2.55.